The monoisotopic (exact) mass is 163 g/mol. The topological polar surface area (TPSA) is 60.9 Å². The van der Waals surface area contributed by atoms with Gasteiger partial charge in [-0.25, -0.2) is 0 Å². The molecule has 4 nitrogen and oxygen atoms in total. The molecule has 0 saturated heterocycles. The number of nitrogens with one attached hydrogen (secondary N) is 2. The third kappa shape index (κ3) is 0.931. The van der Waals surface area contributed by atoms with Crippen molar-refractivity contribution in [1.82, 2.24) is 10.2 Å². The molecule has 0 atom stereocenters. The molecular formula is C8H9N3O. The molecule has 0 saturated carbocycles. The minimum Gasteiger partial charge on any atom is -0.291 e. The first-order valence-electron chi connectivity index (χ1n) is 3.66. The Hall–Kier alpha value is -1.55. The van der Waals surface area contributed by atoms with Crippen LogP contribution in [0, 0.1) is 6.92 Å². The molecule has 0 bridgehead atoms. The number of aryl methyl sites for hydroxylation is 1. The van der Waals surface area contributed by atoms with Crippen LogP contribution < -0.4 is 5.48 Å². The first-order valence-corrected chi connectivity index (χ1v) is 3.66. The molecule has 0 radical (unpaired) electrons. The Balaban J connectivity index is 2.71. The van der Waals surface area contributed by atoms with Gasteiger partial charge in [0.25, 0.3) is 0 Å². The van der Waals surface area contributed by atoms with Gasteiger partial charge in [-0.1, -0.05) is 0 Å². The summed E-state index contributed by atoms with van der Waals surface area (Å²) >= 11 is 0. The van der Waals surface area contributed by atoms with Crippen LogP contribution >= 0.6 is 0 Å². The SMILES string of the molecule is Cc1[nH]nc2ccc(NO)cc12. The maximum Gasteiger partial charge on any atom is 0.0925 e. The van der Waals surface area contributed by atoms with Crippen LogP contribution in [-0.2, 0) is 0 Å². The summed E-state index contributed by atoms with van der Waals surface area (Å²) in [5, 5.41) is 16.6. The molecule has 2 aromatic rings. The molecule has 0 aliphatic heterocycles. The quantitative estimate of drug-likeness (QED) is 0.560. The highest BCUT2D eigenvalue weighted by Crippen LogP contribution is 2.19. The zero-order valence-electron chi connectivity index (χ0n) is 6.63. The number of hydrogen-bond acceptors (Lipinski definition) is 3. The van der Waals surface area contributed by atoms with Crippen LogP contribution in [0.3, 0.4) is 0 Å². The number of rotatable bonds is 1. The van der Waals surface area contributed by atoms with E-state index in [2.05, 4.69) is 15.7 Å². The van der Waals surface area contributed by atoms with Gasteiger partial charge >= 0.3 is 0 Å². The standard InChI is InChI=1S/C8H9N3O/c1-5-7-4-6(11-12)2-3-8(7)10-9-5/h2-4,11-12H,1H3,(H,9,10). The first kappa shape index (κ1) is 7.12. The molecule has 0 fully saturated rings. The predicted octanol–water partition coefficient (Wildman–Crippen LogP) is 1.67. The van der Waals surface area contributed by atoms with E-state index in [0.29, 0.717) is 5.69 Å². The van der Waals surface area contributed by atoms with Crippen molar-refractivity contribution in [3.05, 3.63) is 23.9 Å². The maximum atomic E-state index is 8.64. The van der Waals surface area contributed by atoms with E-state index in [1.807, 2.05) is 19.1 Å². The van der Waals surface area contributed by atoms with Crippen LogP contribution in [0.4, 0.5) is 5.69 Å². The van der Waals surface area contributed by atoms with Crippen LogP contribution in [0.5, 0.6) is 0 Å². The number of anilines is 1. The molecule has 1 aromatic carbocycles. The van der Waals surface area contributed by atoms with Gasteiger partial charge in [0.2, 0.25) is 0 Å². The van der Waals surface area contributed by atoms with E-state index < -0.39 is 0 Å². The molecule has 1 aromatic heterocycles. The van der Waals surface area contributed by atoms with Crippen molar-refractivity contribution in [3.8, 4) is 0 Å². The van der Waals surface area contributed by atoms with Crippen LogP contribution in [0.2, 0.25) is 0 Å². The van der Waals surface area contributed by atoms with E-state index in [-0.39, 0.29) is 0 Å². The molecule has 2 rings (SSSR count). The van der Waals surface area contributed by atoms with E-state index in [9.17, 15) is 0 Å². The molecule has 1 heterocycles. The Morgan fingerprint density at radius 3 is 3.08 bits per heavy atom. The number of benzene rings is 1. The largest absolute Gasteiger partial charge is 0.291 e. The molecule has 0 spiro atoms. The molecule has 0 unspecified atom stereocenters. The van der Waals surface area contributed by atoms with Crippen molar-refractivity contribution < 1.29 is 5.21 Å². The smallest absolute Gasteiger partial charge is 0.0925 e. The lowest BCUT2D eigenvalue weighted by molar-refractivity contribution is 0.389. The van der Waals surface area contributed by atoms with Crippen molar-refractivity contribution in [1.29, 1.82) is 0 Å². The summed E-state index contributed by atoms with van der Waals surface area (Å²) in [4.78, 5) is 0. The van der Waals surface area contributed by atoms with E-state index in [1.165, 1.54) is 0 Å². The lowest BCUT2D eigenvalue weighted by atomic mass is 10.2. The third-order valence-electron chi connectivity index (χ3n) is 1.87. The van der Waals surface area contributed by atoms with Gasteiger partial charge in [0, 0.05) is 11.1 Å². The summed E-state index contributed by atoms with van der Waals surface area (Å²) in [6.07, 6.45) is 0. The molecular weight excluding hydrogens is 154 g/mol. The molecule has 12 heavy (non-hydrogen) atoms. The Morgan fingerprint density at radius 1 is 1.50 bits per heavy atom. The zero-order valence-corrected chi connectivity index (χ0v) is 6.63. The Kier molecular flexibility index (Phi) is 1.48. The summed E-state index contributed by atoms with van der Waals surface area (Å²) in [6, 6.07) is 5.45. The maximum absolute atomic E-state index is 8.64. The Morgan fingerprint density at radius 2 is 2.33 bits per heavy atom. The van der Waals surface area contributed by atoms with Crippen molar-refractivity contribution in [2.75, 3.05) is 5.48 Å². The van der Waals surface area contributed by atoms with Gasteiger partial charge in [-0.15, -0.1) is 0 Å². The summed E-state index contributed by atoms with van der Waals surface area (Å²) in [5.41, 5.74) is 4.68. The van der Waals surface area contributed by atoms with Crippen LogP contribution in [0.15, 0.2) is 18.2 Å². The predicted molar refractivity (Wildman–Crippen MR) is 46.2 cm³/mol. The van der Waals surface area contributed by atoms with Gasteiger partial charge in [0.15, 0.2) is 0 Å². The summed E-state index contributed by atoms with van der Waals surface area (Å²) in [5.74, 6) is 0. The van der Waals surface area contributed by atoms with Crippen molar-refractivity contribution in [2.24, 2.45) is 0 Å². The van der Waals surface area contributed by atoms with Crippen LogP contribution in [0.25, 0.3) is 10.9 Å². The van der Waals surface area contributed by atoms with E-state index in [4.69, 9.17) is 5.21 Å². The number of H-pyrrole nitrogens is 1. The molecule has 0 amide bonds. The fraction of sp³-hybridized carbons (Fsp3) is 0.125. The number of aromatic nitrogens is 2. The van der Waals surface area contributed by atoms with Gasteiger partial charge in [-0.2, -0.15) is 5.10 Å². The zero-order chi connectivity index (χ0) is 8.55. The summed E-state index contributed by atoms with van der Waals surface area (Å²) in [6.45, 7) is 1.94. The Bertz CT molecular complexity index is 408. The molecule has 62 valence electrons. The fourth-order valence-electron chi connectivity index (χ4n) is 1.21. The van der Waals surface area contributed by atoms with Gasteiger partial charge in [-0.05, 0) is 25.1 Å². The second kappa shape index (κ2) is 2.49. The molecule has 0 aliphatic carbocycles. The average molecular weight is 163 g/mol. The normalized spacial score (nSPS) is 10.5. The lowest BCUT2D eigenvalue weighted by Crippen LogP contribution is -1.87. The number of hydrogen-bond donors (Lipinski definition) is 3. The van der Waals surface area contributed by atoms with Gasteiger partial charge in [0.1, 0.15) is 0 Å². The number of aromatic amines is 1. The van der Waals surface area contributed by atoms with E-state index >= 15 is 0 Å². The van der Waals surface area contributed by atoms with Crippen molar-refractivity contribution in [2.45, 2.75) is 6.92 Å². The first-order chi connectivity index (χ1) is 5.81. The lowest BCUT2D eigenvalue weighted by Gasteiger charge is -1.96. The molecule has 4 heteroatoms. The van der Waals surface area contributed by atoms with Crippen molar-refractivity contribution in [3.63, 3.8) is 0 Å². The highest BCUT2D eigenvalue weighted by atomic mass is 16.5. The number of fused-ring (bicyclic) bond motifs is 1. The minimum atomic E-state index is 0.673. The second-order valence-corrected chi connectivity index (χ2v) is 2.69. The van der Waals surface area contributed by atoms with Crippen LogP contribution in [0.1, 0.15) is 5.69 Å². The summed E-state index contributed by atoms with van der Waals surface area (Å²) in [7, 11) is 0. The minimum absolute atomic E-state index is 0.673. The van der Waals surface area contributed by atoms with Gasteiger partial charge < -0.3 is 0 Å². The molecule has 0 aliphatic rings. The highest BCUT2D eigenvalue weighted by molar-refractivity contribution is 5.84. The average Bonchev–Trinajstić information content (AvgIpc) is 2.47. The van der Waals surface area contributed by atoms with Gasteiger partial charge in [-0.3, -0.25) is 15.8 Å². The molecule has 3 N–H and O–H groups in total. The van der Waals surface area contributed by atoms with Gasteiger partial charge in [0.05, 0.1) is 11.2 Å². The summed E-state index contributed by atoms with van der Waals surface area (Å²) < 4.78 is 0. The third-order valence-corrected chi connectivity index (χ3v) is 1.87. The van der Waals surface area contributed by atoms with E-state index in [1.54, 1.807) is 6.07 Å². The Labute approximate surface area is 69.2 Å². The van der Waals surface area contributed by atoms with Crippen molar-refractivity contribution >= 4 is 16.6 Å². The second-order valence-electron chi connectivity index (χ2n) is 2.69. The fourth-order valence-corrected chi connectivity index (χ4v) is 1.21. The van der Waals surface area contributed by atoms with E-state index in [0.717, 1.165) is 16.6 Å². The number of nitrogens with zero attached hydrogens (tertiary/aromatic N) is 1. The van der Waals surface area contributed by atoms with Crippen LogP contribution in [-0.4, -0.2) is 15.4 Å². The highest BCUT2D eigenvalue weighted by Gasteiger charge is 2.00.